The van der Waals surface area contributed by atoms with Gasteiger partial charge in [0.15, 0.2) is 0 Å². The van der Waals surface area contributed by atoms with Gasteiger partial charge in [0.05, 0.1) is 37.6 Å². The standard InChI is InChI=1S/C38H60O8/c1-22(24(3)33(42)43)11-12-23(2)25-15-18-37(8)26-13-14-28-34(4,5)30(46-32(41)21-35(6,44)20-31(40)45-10)16-17-36(28,7)27(26)19-29(39)38(25,37)9/h23-25,28-30,39,44H,1,11-21H2,2-10H3,(H,42,43)/t23?,24-,25+,28?,29-,30+,35+,36+,37-,38-/m0/s1. The van der Waals surface area contributed by atoms with Crippen molar-refractivity contribution >= 4 is 17.9 Å². The maximum absolute atomic E-state index is 13.0. The van der Waals surface area contributed by atoms with Crippen molar-refractivity contribution in [1.82, 2.24) is 0 Å². The van der Waals surface area contributed by atoms with E-state index in [-0.39, 0.29) is 46.5 Å². The first kappa shape index (κ1) is 36.6. The van der Waals surface area contributed by atoms with Crippen LogP contribution in [0, 0.1) is 45.3 Å². The van der Waals surface area contributed by atoms with Gasteiger partial charge in [0.1, 0.15) is 6.10 Å². The highest BCUT2D eigenvalue weighted by atomic mass is 16.5. The minimum Gasteiger partial charge on any atom is -0.481 e. The normalized spacial score (nSPS) is 37.5. The Morgan fingerprint density at radius 2 is 1.63 bits per heavy atom. The van der Waals surface area contributed by atoms with Crippen LogP contribution in [0.15, 0.2) is 23.3 Å². The van der Waals surface area contributed by atoms with Crippen LogP contribution in [0.1, 0.15) is 126 Å². The number of aliphatic hydroxyl groups excluding tert-OH is 1. The summed E-state index contributed by atoms with van der Waals surface area (Å²) in [6.07, 6.45) is 6.50. The van der Waals surface area contributed by atoms with Gasteiger partial charge in [-0.05, 0) is 100 Å². The predicted octanol–water partition coefficient (Wildman–Crippen LogP) is 7.02. The molecule has 2 saturated carbocycles. The Bertz CT molecular complexity index is 1260. The molecule has 8 heteroatoms. The van der Waals surface area contributed by atoms with E-state index in [0.717, 1.165) is 44.1 Å². The van der Waals surface area contributed by atoms with Crippen molar-refractivity contribution < 1.29 is 39.2 Å². The molecule has 0 bridgehead atoms. The lowest BCUT2D eigenvalue weighted by Crippen LogP contribution is -2.58. The average Bonchev–Trinajstić information content (AvgIpc) is 3.25. The number of aliphatic carboxylic acids is 1. The molecule has 0 aliphatic heterocycles. The van der Waals surface area contributed by atoms with E-state index in [4.69, 9.17) is 4.74 Å². The summed E-state index contributed by atoms with van der Waals surface area (Å²) < 4.78 is 10.7. The zero-order valence-electron chi connectivity index (χ0n) is 29.8. The van der Waals surface area contributed by atoms with Crippen molar-refractivity contribution in [2.24, 2.45) is 45.3 Å². The van der Waals surface area contributed by atoms with Crippen LogP contribution in [0.3, 0.4) is 0 Å². The molecule has 0 heterocycles. The van der Waals surface area contributed by atoms with Gasteiger partial charge in [-0.1, -0.05) is 64.8 Å². The number of hydrogen-bond donors (Lipinski definition) is 3. The third kappa shape index (κ3) is 6.10. The fraction of sp³-hybridized carbons (Fsp3) is 0.816. The lowest BCUT2D eigenvalue weighted by atomic mass is 9.42. The van der Waals surface area contributed by atoms with E-state index in [1.807, 2.05) is 0 Å². The number of carboxylic acid groups (broad SMARTS) is 1. The van der Waals surface area contributed by atoms with E-state index in [1.165, 1.54) is 19.6 Å². The number of fused-ring (bicyclic) bond motifs is 4. The van der Waals surface area contributed by atoms with E-state index in [0.29, 0.717) is 31.1 Å². The molecule has 2 fully saturated rings. The second-order valence-electron chi connectivity index (χ2n) is 16.9. The Balaban J connectivity index is 1.54. The number of carbonyl (C=O) groups is 3. The van der Waals surface area contributed by atoms with Crippen LogP contribution in [0.4, 0.5) is 0 Å². The third-order valence-electron chi connectivity index (χ3n) is 14.0. The first-order valence-corrected chi connectivity index (χ1v) is 17.5. The highest BCUT2D eigenvalue weighted by molar-refractivity contribution is 5.75. The largest absolute Gasteiger partial charge is 0.481 e. The van der Waals surface area contributed by atoms with Crippen LogP contribution < -0.4 is 0 Å². The topological polar surface area (TPSA) is 130 Å². The van der Waals surface area contributed by atoms with Gasteiger partial charge in [-0.2, -0.15) is 0 Å². The van der Waals surface area contributed by atoms with Gasteiger partial charge < -0.3 is 24.8 Å². The maximum atomic E-state index is 13.0. The number of methoxy groups -OCH3 is 1. The van der Waals surface area contributed by atoms with Gasteiger partial charge in [0.2, 0.25) is 0 Å². The second kappa shape index (κ2) is 12.7. The Morgan fingerprint density at radius 3 is 2.24 bits per heavy atom. The minimum absolute atomic E-state index is 0.114. The summed E-state index contributed by atoms with van der Waals surface area (Å²) in [7, 11) is 1.26. The van der Waals surface area contributed by atoms with Gasteiger partial charge in [-0.15, -0.1) is 0 Å². The van der Waals surface area contributed by atoms with Crippen LogP contribution in [0.5, 0.6) is 0 Å². The Hall–Kier alpha value is -2.19. The summed E-state index contributed by atoms with van der Waals surface area (Å²) in [6, 6.07) is 0. The van der Waals surface area contributed by atoms with Crippen LogP contribution in [0.2, 0.25) is 0 Å². The van der Waals surface area contributed by atoms with Gasteiger partial charge in [-0.3, -0.25) is 14.4 Å². The van der Waals surface area contributed by atoms with Crippen molar-refractivity contribution in [1.29, 1.82) is 0 Å². The monoisotopic (exact) mass is 644 g/mol. The van der Waals surface area contributed by atoms with Crippen LogP contribution in [0.25, 0.3) is 0 Å². The van der Waals surface area contributed by atoms with Crippen molar-refractivity contribution in [2.75, 3.05) is 7.11 Å². The molecule has 3 N–H and O–H groups in total. The highest BCUT2D eigenvalue weighted by Gasteiger charge is 2.66. The van der Waals surface area contributed by atoms with E-state index in [2.05, 4.69) is 52.9 Å². The molecule has 0 spiro atoms. The summed E-state index contributed by atoms with van der Waals surface area (Å²) in [5, 5.41) is 32.2. The number of ether oxygens (including phenoxy) is 2. The fourth-order valence-corrected chi connectivity index (χ4v) is 10.8. The summed E-state index contributed by atoms with van der Waals surface area (Å²) in [5.41, 5.74) is 1.38. The fourth-order valence-electron chi connectivity index (χ4n) is 10.8. The quantitative estimate of drug-likeness (QED) is 0.162. The lowest BCUT2D eigenvalue weighted by Gasteiger charge is -2.63. The Kier molecular flexibility index (Phi) is 10.1. The number of carbonyl (C=O) groups excluding carboxylic acids is 2. The predicted molar refractivity (Wildman–Crippen MR) is 177 cm³/mol. The molecule has 2 unspecified atom stereocenters. The molecule has 8 nitrogen and oxygen atoms in total. The molecule has 4 aliphatic carbocycles. The molecular weight excluding hydrogens is 584 g/mol. The molecule has 10 atom stereocenters. The first-order chi connectivity index (χ1) is 21.2. The Morgan fingerprint density at radius 1 is 1.00 bits per heavy atom. The van der Waals surface area contributed by atoms with Crippen molar-refractivity contribution in [3.8, 4) is 0 Å². The molecular formula is C38H60O8. The Labute approximate surface area is 276 Å². The molecule has 260 valence electrons. The van der Waals surface area contributed by atoms with Gasteiger partial charge in [0, 0.05) is 10.8 Å². The molecule has 46 heavy (non-hydrogen) atoms. The third-order valence-corrected chi connectivity index (χ3v) is 14.0. The SMILES string of the molecule is C=C(CCC(C)[C@H]1CC[C@@]2(C)C3=C(C[C@H](O)[C@]12C)[C@@]1(C)CC[C@@H](OC(=O)C[C@](C)(O)CC(=O)OC)C(C)(C)C1CC3)[C@H](C)C(=O)O. The van der Waals surface area contributed by atoms with E-state index in [9.17, 15) is 29.7 Å². The van der Waals surface area contributed by atoms with Crippen molar-refractivity contribution in [3.05, 3.63) is 23.3 Å². The summed E-state index contributed by atoms with van der Waals surface area (Å²) in [5.74, 6) is -1.52. The molecule has 0 aromatic heterocycles. The number of aliphatic hydroxyl groups is 2. The van der Waals surface area contributed by atoms with E-state index >= 15 is 0 Å². The van der Waals surface area contributed by atoms with E-state index < -0.39 is 35.5 Å². The lowest BCUT2D eigenvalue weighted by molar-refractivity contribution is -0.175. The molecule has 0 saturated heterocycles. The van der Waals surface area contributed by atoms with Crippen molar-refractivity contribution in [2.45, 2.75) is 144 Å². The number of hydrogen-bond acceptors (Lipinski definition) is 7. The summed E-state index contributed by atoms with van der Waals surface area (Å²) in [4.78, 5) is 36.2. The molecule has 0 amide bonds. The zero-order valence-corrected chi connectivity index (χ0v) is 29.8. The summed E-state index contributed by atoms with van der Waals surface area (Å²) in [6.45, 7) is 21.0. The number of allylic oxidation sites excluding steroid dienone is 1. The van der Waals surface area contributed by atoms with Gasteiger partial charge >= 0.3 is 17.9 Å². The molecule has 0 radical (unpaired) electrons. The number of carboxylic acids is 1. The van der Waals surface area contributed by atoms with Crippen LogP contribution in [-0.4, -0.2) is 58.1 Å². The summed E-state index contributed by atoms with van der Waals surface area (Å²) >= 11 is 0. The highest BCUT2D eigenvalue weighted by Crippen LogP contribution is 2.72. The molecule has 0 aromatic rings. The van der Waals surface area contributed by atoms with E-state index in [1.54, 1.807) is 12.5 Å². The zero-order chi connectivity index (χ0) is 34.6. The van der Waals surface area contributed by atoms with Crippen molar-refractivity contribution in [3.63, 3.8) is 0 Å². The smallest absolute Gasteiger partial charge is 0.310 e. The second-order valence-corrected chi connectivity index (χ2v) is 16.9. The van der Waals surface area contributed by atoms with Crippen LogP contribution >= 0.6 is 0 Å². The average molecular weight is 645 g/mol. The number of rotatable bonds is 11. The molecule has 4 aliphatic rings. The first-order valence-electron chi connectivity index (χ1n) is 17.5. The minimum atomic E-state index is -1.54. The van der Waals surface area contributed by atoms with Gasteiger partial charge in [0.25, 0.3) is 0 Å². The molecule has 0 aromatic carbocycles. The van der Waals surface area contributed by atoms with Gasteiger partial charge in [-0.25, -0.2) is 0 Å². The number of esters is 2. The maximum Gasteiger partial charge on any atom is 0.310 e. The van der Waals surface area contributed by atoms with Crippen LogP contribution in [-0.2, 0) is 23.9 Å². The molecule has 4 rings (SSSR count).